The predicted molar refractivity (Wildman–Crippen MR) is 109 cm³/mol. The predicted octanol–water partition coefficient (Wildman–Crippen LogP) is 2.78. The maximum Gasteiger partial charge on any atom is 0.240 e. The monoisotopic (exact) mass is 389 g/mol. The van der Waals surface area contributed by atoms with Crippen molar-refractivity contribution in [3.63, 3.8) is 0 Å². The minimum Gasteiger partial charge on any atom is -0.441 e. The van der Waals surface area contributed by atoms with Crippen LogP contribution in [0.5, 0.6) is 0 Å². The summed E-state index contributed by atoms with van der Waals surface area (Å²) in [6, 6.07) is 0. The highest BCUT2D eigenvalue weighted by Gasteiger charge is 2.19. The molecule has 0 unspecified atom stereocenters. The fourth-order valence-electron chi connectivity index (χ4n) is 2.65. The van der Waals surface area contributed by atoms with Crippen LogP contribution >= 0.6 is 11.3 Å². The topological polar surface area (TPSA) is 74.5 Å². The Morgan fingerprint density at radius 1 is 1.22 bits per heavy atom. The van der Waals surface area contributed by atoms with Gasteiger partial charge in [0.2, 0.25) is 11.8 Å². The zero-order chi connectivity index (χ0) is 19.4. The highest BCUT2D eigenvalue weighted by atomic mass is 32.1. The zero-order valence-corrected chi connectivity index (χ0v) is 17.2. The third kappa shape index (κ3) is 5.72. The molecule has 0 bridgehead atoms. The molecule has 7 nitrogen and oxygen atoms in total. The number of anilines is 1. The maximum atomic E-state index is 12.2. The molecular formula is C19H27N5O2S. The van der Waals surface area contributed by atoms with Gasteiger partial charge in [-0.1, -0.05) is 32.1 Å². The molecule has 27 heavy (non-hydrogen) atoms. The van der Waals surface area contributed by atoms with Crippen molar-refractivity contribution in [2.75, 3.05) is 45.1 Å². The SMILES string of the molecule is CN1CCN(CC(=O)Nc2ncc(/C=C/c3ncc(C(C)(C)C)o3)s2)CC1. The lowest BCUT2D eigenvalue weighted by Crippen LogP contribution is -2.47. The fraction of sp³-hybridized carbons (Fsp3) is 0.526. The molecule has 1 amide bonds. The van der Waals surface area contributed by atoms with E-state index in [9.17, 15) is 4.79 Å². The molecule has 0 aromatic carbocycles. The number of hydrogen-bond acceptors (Lipinski definition) is 7. The molecule has 1 N–H and O–H groups in total. The van der Waals surface area contributed by atoms with Crippen molar-refractivity contribution >= 4 is 34.5 Å². The van der Waals surface area contributed by atoms with Gasteiger partial charge in [-0.15, -0.1) is 0 Å². The lowest BCUT2D eigenvalue weighted by Gasteiger charge is -2.31. The van der Waals surface area contributed by atoms with Crippen molar-refractivity contribution in [1.82, 2.24) is 19.8 Å². The molecule has 3 rings (SSSR count). The first kappa shape index (κ1) is 19.7. The lowest BCUT2D eigenvalue weighted by molar-refractivity contribution is -0.117. The number of aromatic nitrogens is 2. The molecule has 1 fully saturated rings. The number of piperazine rings is 1. The number of carbonyl (C=O) groups excluding carboxylic acids is 1. The molecule has 0 spiro atoms. The van der Waals surface area contributed by atoms with Crippen LogP contribution in [-0.2, 0) is 10.2 Å². The van der Waals surface area contributed by atoms with Crippen LogP contribution in [0.1, 0.15) is 37.3 Å². The van der Waals surface area contributed by atoms with Gasteiger partial charge in [0.25, 0.3) is 0 Å². The molecular weight excluding hydrogens is 362 g/mol. The van der Waals surface area contributed by atoms with Gasteiger partial charge >= 0.3 is 0 Å². The molecule has 146 valence electrons. The van der Waals surface area contributed by atoms with E-state index < -0.39 is 0 Å². The molecule has 0 atom stereocenters. The summed E-state index contributed by atoms with van der Waals surface area (Å²) in [5.41, 5.74) is -0.0647. The first-order chi connectivity index (χ1) is 12.8. The van der Waals surface area contributed by atoms with E-state index in [2.05, 4.69) is 52.9 Å². The molecule has 1 aliphatic rings. The number of thiazole rings is 1. The van der Waals surface area contributed by atoms with Crippen molar-refractivity contribution in [3.05, 3.63) is 28.9 Å². The summed E-state index contributed by atoms with van der Waals surface area (Å²) in [5, 5.41) is 3.49. The Balaban J connectivity index is 1.52. The van der Waals surface area contributed by atoms with Gasteiger partial charge < -0.3 is 14.6 Å². The van der Waals surface area contributed by atoms with E-state index in [0.717, 1.165) is 36.8 Å². The highest BCUT2D eigenvalue weighted by Crippen LogP contribution is 2.24. The number of carbonyl (C=O) groups is 1. The van der Waals surface area contributed by atoms with Crippen LogP contribution in [0.4, 0.5) is 5.13 Å². The molecule has 8 heteroatoms. The summed E-state index contributed by atoms with van der Waals surface area (Å²) in [6.07, 6.45) is 7.21. The zero-order valence-electron chi connectivity index (χ0n) is 16.4. The van der Waals surface area contributed by atoms with Gasteiger partial charge in [-0.3, -0.25) is 9.69 Å². The summed E-state index contributed by atoms with van der Waals surface area (Å²) in [4.78, 5) is 26.1. The van der Waals surface area contributed by atoms with Gasteiger partial charge in [0.05, 0.1) is 12.7 Å². The van der Waals surface area contributed by atoms with E-state index in [1.165, 1.54) is 11.3 Å². The van der Waals surface area contributed by atoms with Gasteiger partial charge in [0.15, 0.2) is 5.13 Å². The van der Waals surface area contributed by atoms with E-state index in [-0.39, 0.29) is 11.3 Å². The van der Waals surface area contributed by atoms with Gasteiger partial charge in [-0.2, -0.15) is 0 Å². The van der Waals surface area contributed by atoms with Crippen molar-refractivity contribution in [1.29, 1.82) is 0 Å². The molecule has 0 radical (unpaired) electrons. The minimum absolute atomic E-state index is 0.0213. The van der Waals surface area contributed by atoms with E-state index in [1.54, 1.807) is 12.4 Å². The van der Waals surface area contributed by atoms with E-state index in [4.69, 9.17) is 4.42 Å². The summed E-state index contributed by atoms with van der Waals surface area (Å²) >= 11 is 1.43. The molecule has 0 aliphatic carbocycles. The smallest absolute Gasteiger partial charge is 0.240 e. The van der Waals surface area contributed by atoms with Gasteiger partial charge in [0.1, 0.15) is 5.76 Å². The minimum atomic E-state index is -0.0647. The van der Waals surface area contributed by atoms with E-state index in [1.807, 2.05) is 12.2 Å². The quantitative estimate of drug-likeness (QED) is 0.848. The summed E-state index contributed by atoms with van der Waals surface area (Å²) in [6.45, 7) is 10.5. The average molecular weight is 390 g/mol. The molecule has 3 heterocycles. The second-order valence-electron chi connectivity index (χ2n) is 7.84. The average Bonchev–Trinajstić information content (AvgIpc) is 3.24. The first-order valence-electron chi connectivity index (χ1n) is 9.10. The van der Waals surface area contributed by atoms with E-state index >= 15 is 0 Å². The molecule has 1 saturated heterocycles. The van der Waals surface area contributed by atoms with Crippen molar-refractivity contribution in [3.8, 4) is 0 Å². The van der Waals surface area contributed by atoms with Gasteiger partial charge in [-0.25, -0.2) is 9.97 Å². The second-order valence-corrected chi connectivity index (χ2v) is 8.90. The Labute approximate surface area is 164 Å². The van der Waals surface area contributed by atoms with Crippen LogP contribution in [0.25, 0.3) is 12.2 Å². The Morgan fingerprint density at radius 2 is 1.96 bits per heavy atom. The number of nitrogens with one attached hydrogen (secondary N) is 1. The molecule has 2 aromatic rings. The van der Waals surface area contributed by atoms with E-state index in [0.29, 0.717) is 17.6 Å². The van der Waals surface area contributed by atoms with Crippen LogP contribution in [0.3, 0.4) is 0 Å². The number of rotatable bonds is 5. The van der Waals surface area contributed by atoms with Crippen molar-refractivity contribution in [2.24, 2.45) is 0 Å². The van der Waals surface area contributed by atoms with Crippen LogP contribution in [-0.4, -0.2) is 65.4 Å². The molecule has 0 saturated carbocycles. The standard InChI is InChI=1S/C19H27N5O2S/c1-19(2,3)15-12-20-17(26-15)6-5-14-11-21-18(27-14)22-16(25)13-24-9-7-23(4)8-10-24/h5-6,11-12H,7-10,13H2,1-4H3,(H,21,22,25)/b6-5+. The lowest BCUT2D eigenvalue weighted by atomic mass is 9.94. The normalized spacial score (nSPS) is 16.9. The number of hydrogen-bond donors (Lipinski definition) is 1. The third-order valence-corrected chi connectivity index (χ3v) is 5.26. The molecule has 2 aromatic heterocycles. The third-order valence-electron chi connectivity index (χ3n) is 4.39. The Kier molecular flexibility index (Phi) is 6.08. The van der Waals surface area contributed by atoms with Crippen LogP contribution < -0.4 is 5.32 Å². The van der Waals surface area contributed by atoms with Crippen LogP contribution in [0.15, 0.2) is 16.8 Å². The van der Waals surface area contributed by atoms with Crippen molar-refractivity contribution < 1.29 is 9.21 Å². The molecule has 1 aliphatic heterocycles. The summed E-state index contributed by atoms with van der Waals surface area (Å²) in [7, 11) is 2.10. The van der Waals surface area contributed by atoms with Crippen LogP contribution in [0, 0.1) is 0 Å². The summed E-state index contributed by atoms with van der Waals surface area (Å²) in [5.74, 6) is 1.39. The Bertz CT molecular complexity index is 797. The second kappa shape index (κ2) is 8.33. The van der Waals surface area contributed by atoms with Gasteiger partial charge in [0, 0.05) is 48.7 Å². The number of likely N-dealkylation sites (N-methyl/N-ethyl adjacent to an activating group) is 1. The van der Waals surface area contributed by atoms with Crippen LogP contribution in [0.2, 0.25) is 0 Å². The number of amides is 1. The fourth-order valence-corrected chi connectivity index (χ4v) is 3.39. The summed E-state index contributed by atoms with van der Waals surface area (Å²) < 4.78 is 5.74. The highest BCUT2D eigenvalue weighted by molar-refractivity contribution is 7.16. The Hall–Kier alpha value is -2.03. The largest absolute Gasteiger partial charge is 0.441 e. The van der Waals surface area contributed by atoms with Crippen molar-refractivity contribution in [2.45, 2.75) is 26.2 Å². The van der Waals surface area contributed by atoms with Gasteiger partial charge in [-0.05, 0) is 13.1 Å². The number of nitrogens with zero attached hydrogens (tertiary/aromatic N) is 4. The number of oxazole rings is 1. The first-order valence-corrected chi connectivity index (χ1v) is 9.92. The Morgan fingerprint density at radius 3 is 2.63 bits per heavy atom. The maximum absolute atomic E-state index is 12.2.